The lowest BCUT2D eigenvalue weighted by Crippen LogP contribution is -2.06. The second kappa shape index (κ2) is 7.49. The third kappa shape index (κ3) is 3.71. The largest absolute Gasteiger partial charge is 0.307 e. The maximum absolute atomic E-state index is 12.3. The van der Waals surface area contributed by atoms with Gasteiger partial charge < -0.3 is 4.57 Å². The highest BCUT2D eigenvalue weighted by Crippen LogP contribution is 2.17. The average molecular weight is 317 g/mol. The summed E-state index contributed by atoms with van der Waals surface area (Å²) in [6.07, 6.45) is 4.04. The van der Waals surface area contributed by atoms with Gasteiger partial charge in [0.15, 0.2) is 10.6 Å². The van der Waals surface area contributed by atoms with Crippen molar-refractivity contribution in [3.63, 3.8) is 0 Å². The molecule has 0 radical (unpaired) electrons. The van der Waals surface area contributed by atoms with Crippen LogP contribution in [0.5, 0.6) is 0 Å². The molecule has 0 spiro atoms. The van der Waals surface area contributed by atoms with Gasteiger partial charge in [0.05, 0.1) is 0 Å². The van der Waals surface area contributed by atoms with E-state index in [0.29, 0.717) is 11.2 Å². The van der Waals surface area contributed by atoms with Gasteiger partial charge in [-0.15, -0.1) is 0 Å². The van der Waals surface area contributed by atoms with Gasteiger partial charge in [-0.25, -0.2) is 0 Å². The molecule has 2 aromatic rings. The second-order valence-electron chi connectivity index (χ2n) is 5.52. The van der Waals surface area contributed by atoms with Crippen molar-refractivity contribution in [1.29, 1.82) is 0 Å². The van der Waals surface area contributed by atoms with Crippen molar-refractivity contribution in [3.8, 4) is 0 Å². The van der Waals surface area contributed by atoms with E-state index in [1.54, 1.807) is 0 Å². The van der Waals surface area contributed by atoms with Crippen LogP contribution in [0.4, 0.5) is 0 Å². The maximum atomic E-state index is 12.3. The molecule has 5 heteroatoms. The number of hydrogen-bond acceptors (Lipinski definition) is 3. The van der Waals surface area contributed by atoms with Gasteiger partial charge in [-0.3, -0.25) is 9.89 Å². The fraction of sp³-hybridized carbons (Fsp3) is 0.471. The van der Waals surface area contributed by atoms with E-state index < -0.39 is 0 Å². The second-order valence-corrected chi connectivity index (χ2v) is 5.91. The molecule has 1 N–H and O–H groups in total. The van der Waals surface area contributed by atoms with Gasteiger partial charge in [-0.1, -0.05) is 26.0 Å². The van der Waals surface area contributed by atoms with Crippen molar-refractivity contribution in [2.24, 2.45) is 7.05 Å². The highest BCUT2D eigenvalue weighted by molar-refractivity contribution is 7.71. The monoisotopic (exact) mass is 317 g/mol. The summed E-state index contributed by atoms with van der Waals surface area (Å²) in [6.45, 7) is 4.13. The van der Waals surface area contributed by atoms with E-state index in [4.69, 9.17) is 12.2 Å². The van der Waals surface area contributed by atoms with Gasteiger partial charge in [0, 0.05) is 25.5 Å². The zero-order chi connectivity index (χ0) is 16.1. The van der Waals surface area contributed by atoms with Crippen molar-refractivity contribution >= 4 is 18.0 Å². The van der Waals surface area contributed by atoms with Crippen LogP contribution < -0.4 is 0 Å². The van der Waals surface area contributed by atoms with Gasteiger partial charge in [0.1, 0.15) is 5.82 Å². The molecule has 22 heavy (non-hydrogen) atoms. The van der Waals surface area contributed by atoms with Crippen LogP contribution in [-0.2, 0) is 26.3 Å². The number of aromatic nitrogens is 3. The molecule has 0 atom stereocenters. The molecule has 0 saturated carbocycles. The number of aryl methyl sites for hydroxylation is 3. The molecule has 0 aliphatic rings. The third-order valence-corrected chi connectivity index (χ3v) is 4.31. The highest BCUT2D eigenvalue weighted by Gasteiger charge is 2.11. The molecule has 0 aliphatic heterocycles. The van der Waals surface area contributed by atoms with Crippen molar-refractivity contribution in [2.75, 3.05) is 0 Å². The molecular formula is C17H23N3OS. The van der Waals surface area contributed by atoms with E-state index in [1.165, 1.54) is 5.56 Å². The Bertz CT molecular complexity index is 715. The normalized spacial score (nSPS) is 10.9. The molecule has 0 saturated heterocycles. The molecular weight excluding hydrogens is 294 g/mol. The van der Waals surface area contributed by atoms with Gasteiger partial charge in [-0.05, 0) is 48.7 Å². The van der Waals surface area contributed by atoms with E-state index in [-0.39, 0.29) is 5.78 Å². The number of H-pyrrole nitrogens is 1. The first kappa shape index (κ1) is 16.6. The van der Waals surface area contributed by atoms with E-state index in [0.717, 1.165) is 42.6 Å². The zero-order valence-corrected chi connectivity index (χ0v) is 14.3. The number of carbonyl (C=O) groups excluding carboxylic acids is 1. The number of aromatic amines is 1. The van der Waals surface area contributed by atoms with Crippen LogP contribution in [0, 0.1) is 4.77 Å². The number of carbonyl (C=O) groups is 1. The van der Waals surface area contributed by atoms with Gasteiger partial charge in [0.25, 0.3) is 0 Å². The van der Waals surface area contributed by atoms with Gasteiger partial charge >= 0.3 is 0 Å². The summed E-state index contributed by atoms with van der Waals surface area (Å²) in [6, 6.07) is 6.25. The molecule has 0 aliphatic carbocycles. The summed E-state index contributed by atoms with van der Waals surface area (Å²) in [5.41, 5.74) is 3.20. The Morgan fingerprint density at radius 2 is 2.09 bits per heavy atom. The number of ketones is 1. The quantitative estimate of drug-likeness (QED) is 0.624. The fourth-order valence-corrected chi connectivity index (χ4v) is 2.72. The van der Waals surface area contributed by atoms with Gasteiger partial charge in [0.2, 0.25) is 0 Å². The van der Waals surface area contributed by atoms with Crippen molar-refractivity contribution in [3.05, 3.63) is 45.5 Å². The Morgan fingerprint density at radius 3 is 2.68 bits per heavy atom. The highest BCUT2D eigenvalue weighted by atomic mass is 32.1. The van der Waals surface area contributed by atoms with Gasteiger partial charge in [-0.2, -0.15) is 5.10 Å². The number of benzene rings is 1. The van der Waals surface area contributed by atoms with Crippen LogP contribution in [-0.4, -0.2) is 20.5 Å². The SMILES string of the molecule is CCCC(=O)c1cc(CCc2n[nH]c(=S)n2C)ccc1CC. The minimum Gasteiger partial charge on any atom is -0.307 e. The minimum atomic E-state index is 0.249. The topological polar surface area (TPSA) is 50.7 Å². The Kier molecular flexibility index (Phi) is 5.66. The standard InChI is InChI=1S/C17H23N3OS/c1-4-6-15(21)14-11-12(7-9-13(14)5-2)8-10-16-18-19-17(22)20(16)3/h7,9,11H,4-6,8,10H2,1-3H3,(H,19,22). The van der Waals surface area contributed by atoms with E-state index in [2.05, 4.69) is 35.3 Å². The van der Waals surface area contributed by atoms with Crippen LogP contribution in [0.1, 0.15) is 54.0 Å². The van der Waals surface area contributed by atoms with Crippen LogP contribution in [0.25, 0.3) is 0 Å². The molecule has 2 rings (SSSR count). The molecule has 0 unspecified atom stereocenters. The van der Waals surface area contributed by atoms with Crippen molar-refractivity contribution in [2.45, 2.75) is 46.0 Å². The zero-order valence-electron chi connectivity index (χ0n) is 13.5. The van der Waals surface area contributed by atoms with Crippen molar-refractivity contribution < 1.29 is 4.79 Å². The number of Topliss-reactive ketones (excluding diaryl/α,β-unsaturated/α-hetero) is 1. The minimum absolute atomic E-state index is 0.249. The summed E-state index contributed by atoms with van der Waals surface area (Å²) < 4.78 is 2.52. The smallest absolute Gasteiger partial charge is 0.194 e. The first-order chi connectivity index (χ1) is 10.6. The number of nitrogens with one attached hydrogen (secondary N) is 1. The summed E-state index contributed by atoms with van der Waals surface area (Å²) >= 11 is 5.12. The molecule has 0 bridgehead atoms. The number of nitrogens with zero attached hydrogens (tertiary/aromatic N) is 2. The van der Waals surface area contributed by atoms with Crippen LogP contribution >= 0.6 is 12.2 Å². The predicted molar refractivity (Wildman–Crippen MR) is 90.9 cm³/mol. The summed E-state index contributed by atoms with van der Waals surface area (Å²) in [5.74, 6) is 1.19. The molecule has 1 heterocycles. The Balaban J connectivity index is 2.18. The molecule has 1 aromatic carbocycles. The average Bonchev–Trinajstić information content (AvgIpc) is 2.84. The van der Waals surface area contributed by atoms with E-state index in [1.807, 2.05) is 18.5 Å². The van der Waals surface area contributed by atoms with Crippen LogP contribution in [0.15, 0.2) is 18.2 Å². The predicted octanol–water partition coefficient (Wildman–Crippen LogP) is 3.81. The summed E-state index contributed by atoms with van der Waals surface area (Å²) in [4.78, 5) is 12.3. The maximum Gasteiger partial charge on any atom is 0.194 e. The first-order valence-corrected chi connectivity index (χ1v) is 8.22. The van der Waals surface area contributed by atoms with E-state index in [9.17, 15) is 4.79 Å². The summed E-state index contributed by atoms with van der Waals surface area (Å²) in [7, 11) is 1.91. The lowest BCUT2D eigenvalue weighted by molar-refractivity contribution is 0.0981. The molecule has 4 nitrogen and oxygen atoms in total. The van der Waals surface area contributed by atoms with Crippen molar-refractivity contribution in [1.82, 2.24) is 14.8 Å². The lowest BCUT2D eigenvalue weighted by atomic mass is 9.95. The van der Waals surface area contributed by atoms with Crippen LogP contribution in [0.3, 0.4) is 0 Å². The fourth-order valence-electron chi connectivity index (χ4n) is 2.57. The Labute approximate surface area is 136 Å². The molecule has 118 valence electrons. The molecule has 0 amide bonds. The number of hydrogen-bond donors (Lipinski definition) is 1. The summed E-state index contributed by atoms with van der Waals surface area (Å²) in [5, 5.41) is 7.03. The lowest BCUT2D eigenvalue weighted by Gasteiger charge is -2.09. The first-order valence-electron chi connectivity index (χ1n) is 7.82. The third-order valence-electron chi connectivity index (χ3n) is 3.94. The molecule has 1 aromatic heterocycles. The Hall–Kier alpha value is -1.75. The van der Waals surface area contributed by atoms with E-state index >= 15 is 0 Å². The molecule has 0 fully saturated rings. The number of rotatable bonds is 7. The van der Waals surface area contributed by atoms with Crippen LogP contribution in [0.2, 0.25) is 0 Å². The Morgan fingerprint density at radius 1 is 1.32 bits per heavy atom.